The van der Waals surface area contributed by atoms with Crippen LogP contribution in [0.25, 0.3) is 0 Å². The average Bonchev–Trinajstić information content (AvgIpc) is 2.18. The topological polar surface area (TPSA) is 9.23 Å². The van der Waals surface area contributed by atoms with Crippen LogP contribution >= 0.6 is 12.6 Å². The molecule has 0 aliphatic carbocycles. The maximum Gasteiger partial charge on any atom is 0.123 e. The van der Waals surface area contributed by atoms with Gasteiger partial charge < -0.3 is 4.74 Å². The number of hydrogen-bond acceptors (Lipinski definition) is 2. The molecule has 0 saturated heterocycles. The Morgan fingerprint density at radius 2 is 2.21 bits per heavy atom. The average molecular weight is 214 g/mol. The van der Waals surface area contributed by atoms with Crippen molar-refractivity contribution in [2.75, 3.05) is 12.9 Å². The van der Waals surface area contributed by atoms with Gasteiger partial charge in [-0.15, -0.1) is 0 Å². The Morgan fingerprint density at radius 1 is 1.50 bits per heavy atom. The van der Waals surface area contributed by atoms with Gasteiger partial charge in [0.05, 0.1) is 7.11 Å². The molecule has 0 radical (unpaired) electrons. The summed E-state index contributed by atoms with van der Waals surface area (Å²) >= 11 is 4.20. The summed E-state index contributed by atoms with van der Waals surface area (Å²) in [5.74, 6) is 1.75. The van der Waals surface area contributed by atoms with E-state index in [1.54, 1.807) is 13.2 Å². The van der Waals surface area contributed by atoms with Gasteiger partial charge in [0.15, 0.2) is 0 Å². The summed E-state index contributed by atoms with van der Waals surface area (Å²) in [4.78, 5) is 0. The van der Waals surface area contributed by atoms with E-state index in [2.05, 4.69) is 19.6 Å². The third-order valence-corrected chi connectivity index (χ3v) is 2.75. The van der Waals surface area contributed by atoms with Gasteiger partial charge in [-0.2, -0.15) is 12.6 Å². The molecule has 0 saturated carbocycles. The Morgan fingerprint density at radius 3 is 2.79 bits per heavy atom. The Hall–Kier alpha value is -0.700. The lowest BCUT2D eigenvalue weighted by atomic mass is 10.0. The predicted molar refractivity (Wildman–Crippen MR) is 59.7 cm³/mol. The van der Waals surface area contributed by atoms with Gasteiger partial charge in [0.2, 0.25) is 0 Å². The lowest BCUT2D eigenvalue weighted by Gasteiger charge is -2.11. The predicted octanol–water partition coefficient (Wildman–Crippen LogP) is 2.94. The van der Waals surface area contributed by atoms with Gasteiger partial charge in [-0.25, -0.2) is 4.39 Å². The summed E-state index contributed by atoms with van der Waals surface area (Å²) in [7, 11) is 1.60. The number of rotatable bonds is 4. The van der Waals surface area contributed by atoms with Crippen molar-refractivity contribution in [3.63, 3.8) is 0 Å². The van der Waals surface area contributed by atoms with Gasteiger partial charge in [-0.3, -0.25) is 0 Å². The third kappa shape index (κ3) is 2.91. The van der Waals surface area contributed by atoms with Crippen LogP contribution in [0, 0.1) is 11.7 Å². The number of ether oxygens (including phenoxy) is 1. The van der Waals surface area contributed by atoms with Crippen LogP contribution in [0.3, 0.4) is 0 Å². The van der Waals surface area contributed by atoms with Crippen molar-refractivity contribution < 1.29 is 9.13 Å². The Kier molecular flexibility index (Phi) is 4.26. The zero-order valence-electron chi connectivity index (χ0n) is 8.46. The van der Waals surface area contributed by atoms with Crippen LogP contribution in [0.4, 0.5) is 4.39 Å². The molecule has 3 heteroatoms. The zero-order valence-corrected chi connectivity index (χ0v) is 9.35. The van der Waals surface area contributed by atoms with E-state index in [1.807, 2.05) is 0 Å². The highest BCUT2D eigenvalue weighted by Gasteiger charge is 2.08. The molecule has 0 bridgehead atoms. The summed E-state index contributed by atoms with van der Waals surface area (Å²) < 4.78 is 18.1. The highest BCUT2D eigenvalue weighted by Crippen LogP contribution is 2.22. The molecular formula is C11H15FOS. The van der Waals surface area contributed by atoms with Crippen molar-refractivity contribution in [1.29, 1.82) is 0 Å². The smallest absolute Gasteiger partial charge is 0.123 e. The van der Waals surface area contributed by atoms with Gasteiger partial charge >= 0.3 is 0 Å². The molecule has 0 aliphatic rings. The lowest BCUT2D eigenvalue weighted by Crippen LogP contribution is -2.03. The van der Waals surface area contributed by atoms with E-state index in [4.69, 9.17) is 4.74 Å². The van der Waals surface area contributed by atoms with E-state index in [1.165, 1.54) is 12.1 Å². The monoisotopic (exact) mass is 214 g/mol. The zero-order chi connectivity index (χ0) is 10.6. The van der Waals surface area contributed by atoms with Crippen molar-refractivity contribution in [2.24, 2.45) is 5.92 Å². The van der Waals surface area contributed by atoms with Gasteiger partial charge in [-0.05, 0) is 41.9 Å². The fourth-order valence-corrected chi connectivity index (χ4v) is 1.48. The summed E-state index contributed by atoms with van der Waals surface area (Å²) in [6.45, 7) is 2.08. The van der Waals surface area contributed by atoms with E-state index in [-0.39, 0.29) is 5.82 Å². The minimum absolute atomic E-state index is 0.216. The van der Waals surface area contributed by atoms with Crippen LogP contribution in [0.1, 0.15) is 12.5 Å². The van der Waals surface area contributed by atoms with E-state index in [0.717, 1.165) is 23.5 Å². The van der Waals surface area contributed by atoms with Crippen molar-refractivity contribution in [3.05, 3.63) is 29.6 Å². The van der Waals surface area contributed by atoms with Crippen molar-refractivity contribution in [2.45, 2.75) is 13.3 Å². The second-order valence-electron chi connectivity index (χ2n) is 3.45. The van der Waals surface area contributed by atoms with E-state index in [0.29, 0.717) is 5.92 Å². The summed E-state index contributed by atoms with van der Waals surface area (Å²) in [6.07, 6.45) is 0.796. The molecule has 1 atom stereocenters. The number of halogens is 1. The fraction of sp³-hybridized carbons (Fsp3) is 0.455. The Balaban J connectivity index is 2.87. The van der Waals surface area contributed by atoms with Crippen LogP contribution in [0.5, 0.6) is 5.75 Å². The van der Waals surface area contributed by atoms with Gasteiger partial charge in [0.1, 0.15) is 11.6 Å². The molecule has 1 nitrogen and oxygen atoms in total. The van der Waals surface area contributed by atoms with Gasteiger partial charge in [0.25, 0.3) is 0 Å². The lowest BCUT2D eigenvalue weighted by molar-refractivity contribution is 0.405. The molecule has 1 aromatic carbocycles. The SMILES string of the molecule is COc1ccc(F)cc1CC(C)CS. The summed E-state index contributed by atoms with van der Waals surface area (Å²) in [6, 6.07) is 4.60. The molecule has 0 amide bonds. The van der Waals surface area contributed by atoms with Crippen molar-refractivity contribution in [1.82, 2.24) is 0 Å². The van der Waals surface area contributed by atoms with E-state index < -0.39 is 0 Å². The van der Waals surface area contributed by atoms with Crippen molar-refractivity contribution in [3.8, 4) is 5.75 Å². The first-order valence-electron chi connectivity index (χ1n) is 4.60. The van der Waals surface area contributed by atoms with Crippen LogP contribution < -0.4 is 4.74 Å². The van der Waals surface area contributed by atoms with Gasteiger partial charge in [-0.1, -0.05) is 6.92 Å². The Labute approximate surface area is 89.7 Å². The molecule has 1 aromatic rings. The maximum atomic E-state index is 13.0. The third-order valence-electron chi connectivity index (χ3n) is 2.12. The molecule has 14 heavy (non-hydrogen) atoms. The maximum absolute atomic E-state index is 13.0. The number of methoxy groups -OCH3 is 1. The molecule has 0 N–H and O–H groups in total. The highest BCUT2D eigenvalue weighted by molar-refractivity contribution is 7.80. The van der Waals surface area contributed by atoms with Crippen molar-refractivity contribution >= 4 is 12.6 Å². The standard InChI is InChI=1S/C11H15FOS/c1-8(7-14)5-9-6-10(12)3-4-11(9)13-2/h3-4,6,8,14H,5,7H2,1-2H3. The molecule has 78 valence electrons. The van der Waals surface area contributed by atoms with Crippen LogP contribution in [0.15, 0.2) is 18.2 Å². The van der Waals surface area contributed by atoms with E-state index in [9.17, 15) is 4.39 Å². The van der Waals surface area contributed by atoms with Gasteiger partial charge in [0, 0.05) is 0 Å². The first-order valence-corrected chi connectivity index (χ1v) is 5.24. The molecule has 0 fully saturated rings. The van der Waals surface area contributed by atoms with Crippen LogP contribution in [0.2, 0.25) is 0 Å². The Bertz CT molecular complexity index is 301. The number of hydrogen-bond donors (Lipinski definition) is 1. The van der Waals surface area contributed by atoms with E-state index >= 15 is 0 Å². The molecular weight excluding hydrogens is 199 g/mol. The molecule has 0 heterocycles. The molecule has 1 unspecified atom stereocenters. The quantitative estimate of drug-likeness (QED) is 0.758. The minimum atomic E-state index is -0.216. The summed E-state index contributed by atoms with van der Waals surface area (Å²) in [5, 5.41) is 0. The first-order chi connectivity index (χ1) is 6.67. The number of benzene rings is 1. The first kappa shape index (κ1) is 11.4. The molecule has 0 aromatic heterocycles. The second kappa shape index (κ2) is 5.25. The second-order valence-corrected chi connectivity index (χ2v) is 3.81. The number of thiol groups is 1. The fourth-order valence-electron chi connectivity index (χ4n) is 1.35. The minimum Gasteiger partial charge on any atom is -0.496 e. The largest absolute Gasteiger partial charge is 0.496 e. The molecule has 1 rings (SSSR count). The van der Waals surface area contributed by atoms with Crippen LogP contribution in [-0.4, -0.2) is 12.9 Å². The van der Waals surface area contributed by atoms with Crippen LogP contribution in [-0.2, 0) is 6.42 Å². The molecule has 0 aliphatic heterocycles. The summed E-state index contributed by atoms with van der Waals surface area (Å²) in [5.41, 5.74) is 0.911. The highest BCUT2D eigenvalue weighted by atomic mass is 32.1. The normalized spacial score (nSPS) is 12.6. The molecule has 0 spiro atoms.